The molecule has 0 spiro atoms. The maximum atomic E-state index is 2.28. The van der Waals surface area contributed by atoms with Gasteiger partial charge in [0.15, 0.2) is 0 Å². The monoisotopic (exact) mass is 386 g/mol. The molecule has 0 aliphatic carbocycles. The molecule has 0 aliphatic heterocycles. The van der Waals surface area contributed by atoms with Crippen LogP contribution >= 0.6 is 0 Å². The third-order valence-corrected chi connectivity index (χ3v) is 5.38. The van der Waals surface area contributed by atoms with Crippen molar-refractivity contribution in [1.29, 1.82) is 0 Å². The van der Waals surface area contributed by atoms with Crippen LogP contribution in [0.1, 0.15) is 33.4 Å². The summed E-state index contributed by atoms with van der Waals surface area (Å²) >= 11 is 0. The van der Waals surface area contributed by atoms with Crippen molar-refractivity contribution in [2.24, 2.45) is 0 Å². The van der Waals surface area contributed by atoms with Crippen molar-refractivity contribution in [2.75, 3.05) is 0 Å². The Morgan fingerprint density at radius 1 is 0.433 bits per heavy atom. The van der Waals surface area contributed by atoms with Crippen molar-refractivity contribution >= 4 is 24.3 Å². The first kappa shape index (κ1) is 19.7. The molecule has 4 aromatic carbocycles. The van der Waals surface area contributed by atoms with E-state index in [0.717, 1.165) is 0 Å². The highest BCUT2D eigenvalue weighted by Crippen LogP contribution is 2.26. The zero-order valence-electron chi connectivity index (χ0n) is 17.5. The van der Waals surface area contributed by atoms with E-state index in [1.54, 1.807) is 0 Å². The molecule has 0 fully saturated rings. The van der Waals surface area contributed by atoms with Crippen LogP contribution in [0.2, 0.25) is 0 Å². The third kappa shape index (κ3) is 4.85. The van der Waals surface area contributed by atoms with Crippen molar-refractivity contribution in [3.8, 4) is 11.1 Å². The van der Waals surface area contributed by atoms with Crippen molar-refractivity contribution in [1.82, 2.24) is 0 Å². The van der Waals surface area contributed by atoms with Crippen LogP contribution < -0.4 is 0 Å². The maximum absolute atomic E-state index is 2.28. The van der Waals surface area contributed by atoms with Gasteiger partial charge in [-0.25, -0.2) is 0 Å². The molecule has 0 radical (unpaired) electrons. The van der Waals surface area contributed by atoms with Crippen molar-refractivity contribution in [3.63, 3.8) is 0 Å². The average Bonchev–Trinajstić information content (AvgIpc) is 2.79. The van der Waals surface area contributed by atoms with E-state index in [1.807, 2.05) is 12.1 Å². The average molecular weight is 387 g/mol. The molecule has 0 atom stereocenters. The van der Waals surface area contributed by atoms with E-state index < -0.39 is 0 Å². The van der Waals surface area contributed by atoms with Gasteiger partial charge in [0.2, 0.25) is 0 Å². The normalized spacial score (nSPS) is 11.4. The molecular weight excluding hydrogens is 360 g/mol. The van der Waals surface area contributed by atoms with Crippen LogP contribution in [0.15, 0.2) is 97.1 Å². The molecule has 4 rings (SSSR count). The van der Waals surface area contributed by atoms with Gasteiger partial charge in [0.25, 0.3) is 0 Å². The number of hydrogen-bond acceptors (Lipinski definition) is 0. The summed E-state index contributed by atoms with van der Waals surface area (Å²) in [6.45, 7) is 4.36. The summed E-state index contributed by atoms with van der Waals surface area (Å²) in [4.78, 5) is 0. The van der Waals surface area contributed by atoms with Crippen LogP contribution in [-0.2, 0) is 0 Å². The molecule has 0 saturated heterocycles. The Bertz CT molecular complexity index is 1080. The van der Waals surface area contributed by atoms with Crippen molar-refractivity contribution < 1.29 is 0 Å². The molecule has 0 amide bonds. The Morgan fingerprint density at radius 2 is 0.833 bits per heavy atom. The lowest BCUT2D eigenvalue weighted by Gasteiger charge is -2.09. The molecule has 0 nitrogen and oxygen atoms in total. The van der Waals surface area contributed by atoms with E-state index >= 15 is 0 Å². The van der Waals surface area contributed by atoms with E-state index in [9.17, 15) is 0 Å². The van der Waals surface area contributed by atoms with E-state index in [-0.39, 0.29) is 0 Å². The molecule has 0 N–H and O–H groups in total. The highest BCUT2D eigenvalue weighted by molar-refractivity contribution is 5.76. The SMILES string of the molecule is Cc1cc(-c2ccc(/C=C/c3ccccc3)c(C)c2)ccc1/C=C/c1ccccc1. The number of rotatable bonds is 5. The van der Waals surface area contributed by atoms with Crippen LogP contribution in [0, 0.1) is 13.8 Å². The van der Waals surface area contributed by atoms with Crippen LogP contribution in [0.5, 0.6) is 0 Å². The lowest BCUT2D eigenvalue weighted by Crippen LogP contribution is -1.87. The molecular formula is C30H26. The smallest absolute Gasteiger partial charge is 0.0181 e. The number of aryl methyl sites for hydroxylation is 2. The minimum Gasteiger partial charge on any atom is -0.0622 e. The number of hydrogen-bond donors (Lipinski definition) is 0. The van der Waals surface area contributed by atoms with Gasteiger partial charge in [-0.2, -0.15) is 0 Å². The molecule has 0 aliphatic rings. The Balaban J connectivity index is 1.54. The van der Waals surface area contributed by atoms with Gasteiger partial charge in [0.05, 0.1) is 0 Å². The standard InChI is InChI=1S/C30H26/c1-23-21-29(19-17-27(23)15-13-25-9-5-3-6-10-25)30-20-18-28(24(2)22-30)16-14-26-11-7-4-8-12-26/h3-22H,1-2H3/b15-13+,16-14+. The summed E-state index contributed by atoms with van der Waals surface area (Å²) in [7, 11) is 0. The van der Waals surface area contributed by atoms with Gasteiger partial charge in [0.1, 0.15) is 0 Å². The lowest BCUT2D eigenvalue weighted by molar-refractivity contribution is 1.41. The van der Waals surface area contributed by atoms with Gasteiger partial charge < -0.3 is 0 Å². The molecule has 0 aromatic heterocycles. The molecule has 0 heteroatoms. The predicted molar refractivity (Wildman–Crippen MR) is 132 cm³/mol. The Labute approximate surface area is 179 Å². The molecule has 30 heavy (non-hydrogen) atoms. The first-order valence-electron chi connectivity index (χ1n) is 10.4. The fourth-order valence-corrected chi connectivity index (χ4v) is 3.58. The second-order valence-corrected chi connectivity index (χ2v) is 7.63. The van der Waals surface area contributed by atoms with Gasteiger partial charge in [0, 0.05) is 0 Å². The van der Waals surface area contributed by atoms with Crippen LogP contribution in [-0.4, -0.2) is 0 Å². The van der Waals surface area contributed by atoms with Crippen LogP contribution in [0.25, 0.3) is 35.4 Å². The summed E-state index contributed by atoms with van der Waals surface area (Å²) in [6, 6.07) is 34.2. The first-order chi connectivity index (χ1) is 14.7. The van der Waals surface area contributed by atoms with E-state index in [0.29, 0.717) is 0 Å². The molecule has 0 heterocycles. The molecule has 0 unspecified atom stereocenters. The van der Waals surface area contributed by atoms with Crippen LogP contribution in [0.3, 0.4) is 0 Å². The minimum absolute atomic E-state index is 1.22. The van der Waals surface area contributed by atoms with E-state index in [1.165, 1.54) is 44.5 Å². The highest BCUT2D eigenvalue weighted by atomic mass is 14.1. The van der Waals surface area contributed by atoms with E-state index in [2.05, 4.69) is 123 Å². The topological polar surface area (TPSA) is 0 Å². The number of benzene rings is 4. The molecule has 0 bridgehead atoms. The van der Waals surface area contributed by atoms with Gasteiger partial charge >= 0.3 is 0 Å². The van der Waals surface area contributed by atoms with Gasteiger partial charge in [-0.05, 0) is 58.4 Å². The summed E-state index contributed by atoms with van der Waals surface area (Å²) in [5.74, 6) is 0. The predicted octanol–water partition coefficient (Wildman–Crippen LogP) is 8.31. The zero-order valence-corrected chi connectivity index (χ0v) is 17.5. The highest BCUT2D eigenvalue weighted by Gasteiger charge is 2.03. The van der Waals surface area contributed by atoms with Gasteiger partial charge in [-0.3, -0.25) is 0 Å². The van der Waals surface area contributed by atoms with Crippen molar-refractivity contribution in [2.45, 2.75) is 13.8 Å². The second-order valence-electron chi connectivity index (χ2n) is 7.63. The largest absolute Gasteiger partial charge is 0.0622 e. The lowest BCUT2D eigenvalue weighted by atomic mass is 9.96. The summed E-state index contributed by atoms with van der Waals surface area (Å²) in [6.07, 6.45) is 8.72. The summed E-state index contributed by atoms with van der Waals surface area (Å²) in [5.41, 5.74) is 10.0. The Hall–Kier alpha value is -3.64. The third-order valence-electron chi connectivity index (χ3n) is 5.38. The molecule has 146 valence electrons. The summed E-state index contributed by atoms with van der Waals surface area (Å²) < 4.78 is 0. The van der Waals surface area contributed by atoms with Crippen LogP contribution in [0.4, 0.5) is 0 Å². The Morgan fingerprint density at radius 3 is 1.20 bits per heavy atom. The fourth-order valence-electron chi connectivity index (χ4n) is 3.58. The second kappa shape index (κ2) is 9.24. The van der Waals surface area contributed by atoms with E-state index in [4.69, 9.17) is 0 Å². The zero-order chi connectivity index (χ0) is 20.8. The molecule has 0 saturated carbocycles. The minimum atomic E-state index is 1.22. The van der Waals surface area contributed by atoms with Gasteiger partial charge in [-0.1, -0.05) is 121 Å². The Kier molecular flexibility index (Phi) is 6.06. The van der Waals surface area contributed by atoms with Gasteiger partial charge in [-0.15, -0.1) is 0 Å². The van der Waals surface area contributed by atoms with Crippen molar-refractivity contribution in [3.05, 3.63) is 130 Å². The quantitative estimate of drug-likeness (QED) is 0.302. The fraction of sp³-hybridized carbons (Fsp3) is 0.0667. The summed E-state index contributed by atoms with van der Waals surface area (Å²) in [5, 5.41) is 0. The maximum Gasteiger partial charge on any atom is -0.0181 e. The first-order valence-corrected chi connectivity index (χ1v) is 10.4. The molecule has 4 aromatic rings.